The molecule has 3 nitrogen and oxygen atoms in total. The van der Waals surface area contributed by atoms with Gasteiger partial charge < -0.3 is 10.6 Å². The number of amides is 1. The van der Waals surface area contributed by atoms with Crippen LogP contribution in [0.4, 0.5) is 5.69 Å². The van der Waals surface area contributed by atoms with Crippen molar-refractivity contribution in [3.05, 3.63) is 64.7 Å². The zero-order valence-corrected chi connectivity index (χ0v) is 12.2. The van der Waals surface area contributed by atoms with E-state index in [9.17, 15) is 4.79 Å². The highest BCUT2D eigenvalue weighted by Crippen LogP contribution is 2.15. The number of aryl methyl sites for hydroxylation is 2. The van der Waals surface area contributed by atoms with Gasteiger partial charge in [-0.1, -0.05) is 24.3 Å². The fourth-order valence-corrected chi connectivity index (χ4v) is 2.15. The van der Waals surface area contributed by atoms with Gasteiger partial charge in [0, 0.05) is 24.8 Å². The molecule has 0 spiro atoms. The Morgan fingerprint density at radius 1 is 1.05 bits per heavy atom. The number of benzene rings is 2. The summed E-state index contributed by atoms with van der Waals surface area (Å²) in [5.41, 5.74) is 5.04. The molecule has 0 aromatic heterocycles. The molecule has 1 amide bonds. The summed E-state index contributed by atoms with van der Waals surface area (Å²) in [4.78, 5) is 12.2. The van der Waals surface area contributed by atoms with Crippen LogP contribution in [-0.4, -0.2) is 13.0 Å². The van der Waals surface area contributed by atoms with Crippen LogP contribution in [0.1, 0.15) is 27.0 Å². The van der Waals surface area contributed by atoms with Gasteiger partial charge >= 0.3 is 0 Å². The van der Waals surface area contributed by atoms with Gasteiger partial charge in [0.05, 0.1) is 0 Å². The van der Waals surface area contributed by atoms with E-state index in [1.807, 2.05) is 50.4 Å². The molecule has 2 aromatic rings. The second-order valence-corrected chi connectivity index (χ2v) is 4.89. The molecule has 2 aromatic carbocycles. The fraction of sp³-hybridized carbons (Fsp3) is 0.235. The summed E-state index contributed by atoms with van der Waals surface area (Å²) in [6.45, 7) is 4.55. The molecular weight excluding hydrogens is 248 g/mol. The Bertz CT molecular complexity index is 620. The van der Waals surface area contributed by atoms with Crippen molar-refractivity contribution >= 4 is 11.6 Å². The van der Waals surface area contributed by atoms with Gasteiger partial charge in [0.1, 0.15) is 0 Å². The molecular formula is C17H20N2O. The number of hydrogen-bond donors (Lipinski definition) is 2. The Labute approximate surface area is 120 Å². The molecule has 0 saturated heterocycles. The standard InChI is InChI=1S/C17H20N2O/c1-12-6-4-5-7-14(12)11-19-17(20)16-9-8-15(18-3)10-13(16)2/h4-10,18H,11H2,1-3H3,(H,19,20). The summed E-state index contributed by atoms with van der Waals surface area (Å²) in [5, 5.41) is 6.04. The molecule has 104 valence electrons. The van der Waals surface area contributed by atoms with Crippen LogP contribution in [0.15, 0.2) is 42.5 Å². The van der Waals surface area contributed by atoms with E-state index in [1.54, 1.807) is 0 Å². The van der Waals surface area contributed by atoms with E-state index in [4.69, 9.17) is 0 Å². The van der Waals surface area contributed by atoms with Crippen LogP contribution in [-0.2, 0) is 6.54 Å². The third-order valence-electron chi connectivity index (χ3n) is 3.46. The van der Waals surface area contributed by atoms with Crippen LogP contribution >= 0.6 is 0 Å². The van der Waals surface area contributed by atoms with Gasteiger partial charge in [0.2, 0.25) is 0 Å². The van der Waals surface area contributed by atoms with Crippen LogP contribution in [0.5, 0.6) is 0 Å². The van der Waals surface area contributed by atoms with Gasteiger partial charge in [-0.2, -0.15) is 0 Å². The first-order chi connectivity index (χ1) is 9.61. The lowest BCUT2D eigenvalue weighted by atomic mass is 10.1. The number of carbonyl (C=O) groups is 1. The van der Waals surface area contributed by atoms with E-state index < -0.39 is 0 Å². The maximum Gasteiger partial charge on any atom is 0.251 e. The SMILES string of the molecule is CNc1ccc(C(=O)NCc2ccccc2C)c(C)c1. The highest BCUT2D eigenvalue weighted by atomic mass is 16.1. The van der Waals surface area contributed by atoms with Crippen molar-refractivity contribution < 1.29 is 4.79 Å². The topological polar surface area (TPSA) is 41.1 Å². The summed E-state index contributed by atoms with van der Waals surface area (Å²) in [7, 11) is 1.87. The molecule has 0 unspecified atom stereocenters. The van der Waals surface area contributed by atoms with E-state index in [2.05, 4.69) is 23.6 Å². The van der Waals surface area contributed by atoms with E-state index in [0.717, 1.165) is 22.4 Å². The lowest BCUT2D eigenvalue weighted by molar-refractivity contribution is 0.0950. The van der Waals surface area contributed by atoms with E-state index in [1.165, 1.54) is 5.56 Å². The first-order valence-corrected chi connectivity index (χ1v) is 6.73. The Balaban J connectivity index is 2.07. The first kappa shape index (κ1) is 14.1. The quantitative estimate of drug-likeness (QED) is 0.893. The Morgan fingerprint density at radius 3 is 2.45 bits per heavy atom. The van der Waals surface area contributed by atoms with E-state index in [0.29, 0.717) is 6.54 Å². The summed E-state index contributed by atoms with van der Waals surface area (Å²) in [5.74, 6) is -0.0339. The summed E-state index contributed by atoms with van der Waals surface area (Å²) in [6.07, 6.45) is 0. The lowest BCUT2D eigenvalue weighted by Gasteiger charge is -2.10. The molecule has 0 fully saturated rings. The predicted molar refractivity (Wildman–Crippen MR) is 83.1 cm³/mol. The minimum atomic E-state index is -0.0339. The predicted octanol–water partition coefficient (Wildman–Crippen LogP) is 3.28. The van der Waals surface area contributed by atoms with Gasteiger partial charge in [-0.3, -0.25) is 4.79 Å². The fourth-order valence-electron chi connectivity index (χ4n) is 2.15. The maximum atomic E-state index is 12.2. The van der Waals surface area contributed by atoms with Gasteiger partial charge in [-0.25, -0.2) is 0 Å². The van der Waals surface area contributed by atoms with Crippen molar-refractivity contribution in [3.63, 3.8) is 0 Å². The summed E-state index contributed by atoms with van der Waals surface area (Å²) in [6, 6.07) is 13.8. The van der Waals surface area contributed by atoms with Crippen LogP contribution < -0.4 is 10.6 Å². The molecule has 20 heavy (non-hydrogen) atoms. The first-order valence-electron chi connectivity index (χ1n) is 6.73. The third kappa shape index (κ3) is 3.18. The van der Waals surface area contributed by atoms with Gasteiger partial charge in [0.25, 0.3) is 5.91 Å². The van der Waals surface area contributed by atoms with Gasteiger partial charge in [-0.15, -0.1) is 0 Å². The zero-order chi connectivity index (χ0) is 14.5. The molecule has 3 heteroatoms. The molecule has 0 aliphatic rings. The van der Waals surface area contributed by atoms with Crippen molar-refractivity contribution in [2.24, 2.45) is 0 Å². The highest BCUT2D eigenvalue weighted by molar-refractivity contribution is 5.96. The van der Waals surface area contributed by atoms with Crippen LogP contribution in [0, 0.1) is 13.8 Å². The van der Waals surface area contributed by atoms with Gasteiger partial charge in [0.15, 0.2) is 0 Å². The number of hydrogen-bond acceptors (Lipinski definition) is 2. The van der Waals surface area contributed by atoms with Crippen LogP contribution in [0.3, 0.4) is 0 Å². The molecule has 0 aliphatic carbocycles. The van der Waals surface area contributed by atoms with Crippen LogP contribution in [0.25, 0.3) is 0 Å². The minimum absolute atomic E-state index is 0.0339. The molecule has 2 N–H and O–H groups in total. The Morgan fingerprint density at radius 2 is 1.80 bits per heavy atom. The second kappa shape index (κ2) is 6.24. The third-order valence-corrected chi connectivity index (χ3v) is 3.46. The van der Waals surface area contributed by atoms with Crippen molar-refractivity contribution in [1.29, 1.82) is 0 Å². The Hall–Kier alpha value is -2.29. The van der Waals surface area contributed by atoms with Crippen molar-refractivity contribution in [3.8, 4) is 0 Å². The minimum Gasteiger partial charge on any atom is -0.388 e. The monoisotopic (exact) mass is 268 g/mol. The van der Waals surface area contributed by atoms with E-state index in [-0.39, 0.29) is 5.91 Å². The maximum absolute atomic E-state index is 12.2. The number of anilines is 1. The summed E-state index contributed by atoms with van der Waals surface area (Å²) < 4.78 is 0. The number of rotatable bonds is 4. The summed E-state index contributed by atoms with van der Waals surface area (Å²) >= 11 is 0. The molecule has 0 atom stereocenters. The zero-order valence-electron chi connectivity index (χ0n) is 12.2. The Kier molecular flexibility index (Phi) is 4.41. The van der Waals surface area contributed by atoms with E-state index >= 15 is 0 Å². The van der Waals surface area contributed by atoms with Gasteiger partial charge in [-0.05, 0) is 48.7 Å². The molecule has 0 radical (unpaired) electrons. The van der Waals surface area contributed by atoms with Crippen molar-refractivity contribution in [2.75, 3.05) is 12.4 Å². The molecule has 2 rings (SSSR count). The normalized spacial score (nSPS) is 10.2. The average molecular weight is 268 g/mol. The average Bonchev–Trinajstić information content (AvgIpc) is 2.46. The highest BCUT2D eigenvalue weighted by Gasteiger charge is 2.09. The number of carbonyl (C=O) groups excluding carboxylic acids is 1. The largest absolute Gasteiger partial charge is 0.388 e. The lowest BCUT2D eigenvalue weighted by Crippen LogP contribution is -2.24. The molecule has 0 aliphatic heterocycles. The molecule has 0 saturated carbocycles. The molecule has 0 heterocycles. The van der Waals surface area contributed by atoms with Crippen molar-refractivity contribution in [2.45, 2.75) is 20.4 Å². The molecule has 0 bridgehead atoms. The van der Waals surface area contributed by atoms with Crippen molar-refractivity contribution in [1.82, 2.24) is 5.32 Å². The van der Waals surface area contributed by atoms with Crippen LogP contribution in [0.2, 0.25) is 0 Å². The second-order valence-electron chi connectivity index (χ2n) is 4.89. The smallest absolute Gasteiger partial charge is 0.251 e. The number of nitrogens with one attached hydrogen (secondary N) is 2.